The number of hydrogen-bond acceptors (Lipinski definition) is 3. The largest absolute Gasteiger partial charge is 0.382 e. The molecule has 2 aliphatic rings. The molecule has 2 N–H and O–H groups in total. The Kier molecular flexibility index (Phi) is 1.45. The van der Waals surface area contributed by atoms with Gasteiger partial charge in [0.15, 0.2) is 0 Å². The van der Waals surface area contributed by atoms with Crippen LogP contribution in [0.15, 0.2) is 18.2 Å². The molecule has 0 saturated carbocycles. The maximum atomic E-state index is 11.4. The third kappa shape index (κ3) is 0.968. The minimum absolute atomic E-state index is 0.0801. The maximum Gasteiger partial charge on any atom is 0.243 e. The molecule has 2 heterocycles. The van der Waals surface area contributed by atoms with Crippen LogP contribution in [0.2, 0.25) is 0 Å². The van der Waals surface area contributed by atoms with E-state index < -0.39 is 0 Å². The maximum absolute atomic E-state index is 11.4. The predicted octanol–water partition coefficient (Wildman–Crippen LogP) is 0.871. The summed E-state index contributed by atoms with van der Waals surface area (Å²) in [5, 5.41) is 6.20. The summed E-state index contributed by atoms with van der Waals surface area (Å²) in [7, 11) is 0. The van der Waals surface area contributed by atoms with Crippen molar-refractivity contribution in [2.45, 2.75) is 0 Å². The second kappa shape index (κ2) is 2.64. The fourth-order valence-corrected chi connectivity index (χ4v) is 2.09. The number of nitrogens with one attached hydrogen (secondary N) is 2. The second-order valence-electron chi connectivity index (χ2n) is 3.60. The zero-order chi connectivity index (χ0) is 9.54. The molecule has 0 bridgehead atoms. The molecule has 0 unspecified atom stereocenters. The lowest BCUT2D eigenvalue weighted by atomic mass is 10.1. The first-order valence-corrected chi connectivity index (χ1v) is 4.76. The number of amides is 1. The van der Waals surface area contributed by atoms with Gasteiger partial charge in [-0.25, -0.2) is 0 Å². The number of anilines is 3. The molecule has 4 nitrogen and oxygen atoms in total. The SMILES string of the molecule is O=C1CN2CCNc3cccc(c32)N1. The lowest BCUT2D eigenvalue weighted by Gasteiger charge is -2.36. The third-order valence-electron chi connectivity index (χ3n) is 2.66. The standard InChI is InChI=1S/C10H11N3O/c14-9-6-13-5-4-11-7-2-1-3-8(12-9)10(7)13/h1-3,11H,4-6H2,(H,12,14). The van der Waals surface area contributed by atoms with E-state index in [4.69, 9.17) is 0 Å². The van der Waals surface area contributed by atoms with Crippen LogP contribution < -0.4 is 15.5 Å². The molecule has 1 aromatic carbocycles. The number of carbonyl (C=O) groups is 1. The molecule has 0 aliphatic carbocycles. The minimum atomic E-state index is 0.0801. The van der Waals surface area contributed by atoms with Gasteiger partial charge in [0.25, 0.3) is 0 Å². The van der Waals surface area contributed by atoms with Crippen molar-refractivity contribution in [3.05, 3.63) is 18.2 Å². The van der Waals surface area contributed by atoms with Gasteiger partial charge < -0.3 is 15.5 Å². The van der Waals surface area contributed by atoms with E-state index in [1.807, 2.05) is 18.2 Å². The van der Waals surface area contributed by atoms with E-state index in [-0.39, 0.29) is 5.91 Å². The van der Waals surface area contributed by atoms with Crippen molar-refractivity contribution < 1.29 is 4.79 Å². The van der Waals surface area contributed by atoms with E-state index in [9.17, 15) is 4.79 Å². The molecule has 1 amide bonds. The summed E-state index contributed by atoms with van der Waals surface area (Å²) in [6.45, 7) is 2.28. The fraction of sp³-hybridized carbons (Fsp3) is 0.300. The van der Waals surface area contributed by atoms with Crippen molar-refractivity contribution in [2.24, 2.45) is 0 Å². The van der Waals surface area contributed by atoms with Crippen LogP contribution in [0, 0.1) is 0 Å². The number of rotatable bonds is 0. The van der Waals surface area contributed by atoms with Crippen LogP contribution in [0.25, 0.3) is 0 Å². The molecule has 4 heteroatoms. The Bertz CT molecular complexity index is 402. The summed E-state index contributed by atoms with van der Waals surface area (Å²) in [5.74, 6) is 0.0801. The van der Waals surface area contributed by atoms with Gasteiger partial charge in [0.2, 0.25) is 5.91 Å². The Morgan fingerprint density at radius 1 is 1.29 bits per heavy atom. The molecule has 0 fully saturated rings. The number of carbonyl (C=O) groups excluding carboxylic acids is 1. The van der Waals surface area contributed by atoms with E-state index in [0.29, 0.717) is 6.54 Å². The van der Waals surface area contributed by atoms with Crippen molar-refractivity contribution in [3.8, 4) is 0 Å². The number of benzene rings is 1. The fourth-order valence-electron chi connectivity index (χ4n) is 2.09. The Balaban J connectivity index is 2.18. The number of para-hydroxylation sites is 1. The molecule has 0 spiro atoms. The van der Waals surface area contributed by atoms with Crippen LogP contribution in [0.4, 0.5) is 17.1 Å². The first-order chi connectivity index (χ1) is 6.84. The molecule has 72 valence electrons. The molecule has 1 aromatic rings. The average Bonchev–Trinajstić information content (AvgIpc) is 2.18. The highest BCUT2D eigenvalue weighted by molar-refractivity contribution is 6.04. The Labute approximate surface area is 81.9 Å². The first kappa shape index (κ1) is 7.67. The summed E-state index contributed by atoms with van der Waals surface area (Å²) in [6.07, 6.45) is 0. The summed E-state index contributed by atoms with van der Waals surface area (Å²) < 4.78 is 0. The van der Waals surface area contributed by atoms with E-state index in [1.54, 1.807) is 0 Å². The molecule has 14 heavy (non-hydrogen) atoms. The normalized spacial score (nSPS) is 18.3. The van der Waals surface area contributed by atoms with Crippen LogP contribution in [-0.2, 0) is 4.79 Å². The van der Waals surface area contributed by atoms with Crippen LogP contribution >= 0.6 is 0 Å². The van der Waals surface area contributed by atoms with E-state index in [0.717, 1.165) is 30.2 Å². The predicted molar refractivity (Wildman–Crippen MR) is 55.8 cm³/mol. The Morgan fingerprint density at radius 3 is 3.07 bits per heavy atom. The van der Waals surface area contributed by atoms with Crippen molar-refractivity contribution in [2.75, 3.05) is 35.2 Å². The van der Waals surface area contributed by atoms with Crippen molar-refractivity contribution in [3.63, 3.8) is 0 Å². The lowest BCUT2D eigenvalue weighted by Crippen LogP contribution is -2.43. The molecule has 3 rings (SSSR count). The van der Waals surface area contributed by atoms with Gasteiger partial charge in [-0.3, -0.25) is 4.79 Å². The van der Waals surface area contributed by atoms with Gasteiger partial charge in [-0.1, -0.05) is 6.07 Å². The van der Waals surface area contributed by atoms with Gasteiger partial charge in [0.1, 0.15) is 0 Å². The summed E-state index contributed by atoms with van der Waals surface area (Å²) in [4.78, 5) is 13.5. The van der Waals surface area contributed by atoms with Gasteiger partial charge >= 0.3 is 0 Å². The smallest absolute Gasteiger partial charge is 0.243 e. The number of nitrogens with zero attached hydrogens (tertiary/aromatic N) is 1. The molecular formula is C10H11N3O. The van der Waals surface area contributed by atoms with Crippen molar-refractivity contribution in [1.82, 2.24) is 0 Å². The molecule has 0 radical (unpaired) electrons. The average molecular weight is 189 g/mol. The van der Waals surface area contributed by atoms with Crippen molar-refractivity contribution in [1.29, 1.82) is 0 Å². The summed E-state index contributed by atoms with van der Waals surface area (Å²) in [6, 6.07) is 5.94. The van der Waals surface area contributed by atoms with E-state index in [2.05, 4.69) is 15.5 Å². The minimum Gasteiger partial charge on any atom is -0.382 e. The monoisotopic (exact) mass is 189 g/mol. The van der Waals surface area contributed by atoms with Gasteiger partial charge in [0, 0.05) is 13.1 Å². The highest BCUT2D eigenvalue weighted by Crippen LogP contribution is 2.38. The molecule has 0 aromatic heterocycles. The van der Waals surface area contributed by atoms with E-state index >= 15 is 0 Å². The zero-order valence-electron chi connectivity index (χ0n) is 7.71. The third-order valence-corrected chi connectivity index (χ3v) is 2.66. The van der Waals surface area contributed by atoms with Crippen molar-refractivity contribution >= 4 is 23.0 Å². The highest BCUT2D eigenvalue weighted by Gasteiger charge is 2.26. The number of hydrogen-bond donors (Lipinski definition) is 2. The molecule has 0 atom stereocenters. The van der Waals surface area contributed by atoms with Crippen LogP contribution in [0.5, 0.6) is 0 Å². The van der Waals surface area contributed by atoms with Gasteiger partial charge in [-0.05, 0) is 12.1 Å². The Morgan fingerprint density at radius 2 is 2.14 bits per heavy atom. The quantitative estimate of drug-likeness (QED) is 0.636. The summed E-state index contributed by atoms with van der Waals surface area (Å²) in [5.41, 5.74) is 3.18. The molecule has 0 saturated heterocycles. The lowest BCUT2D eigenvalue weighted by molar-refractivity contribution is -0.115. The molecular weight excluding hydrogens is 178 g/mol. The van der Waals surface area contributed by atoms with E-state index in [1.165, 1.54) is 0 Å². The highest BCUT2D eigenvalue weighted by atomic mass is 16.2. The van der Waals surface area contributed by atoms with Gasteiger partial charge in [-0.15, -0.1) is 0 Å². The van der Waals surface area contributed by atoms with Crippen LogP contribution in [0.1, 0.15) is 0 Å². The second-order valence-corrected chi connectivity index (χ2v) is 3.60. The topological polar surface area (TPSA) is 44.4 Å². The van der Waals surface area contributed by atoms with Gasteiger partial charge in [-0.2, -0.15) is 0 Å². The summed E-state index contributed by atoms with van der Waals surface area (Å²) >= 11 is 0. The van der Waals surface area contributed by atoms with Crippen LogP contribution in [-0.4, -0.2) is 25.5 Å². The Hall–Kier alpha value is -1.71. The van der Waals surface area contributed by atoms with Crippen LogP contribution in [0.3, 0.4) is 0 Å². The first-order valence-electron chi connectivity index (χ1n) is 4.76. The van der Waals surface area contributed by atoms with Gasteiger partial charge in [0.05, 0.1) is 23.6 Å². The molecule has 2 aliphatic heterocycles. The zero-order valence-corrected chi connectivity index (χ0v) is 7.71.